The van der Waals surface area contributed by atoms with Crippen LogP contribution in [-0.2, 0) is 42.1 Å². The zero-order valence-corrected chi connectivity index (χ0v) is 26.9. The molecule has 0 radical (unpaired) electrons. The topological polar surface area (TPSA) is 186 Å². The molecule has 2 atom stereocenters. The molecule has 4 rings (SSSR count). The molecule has 3 amide bonds. The third-order valence-electron chi connectivity index (χ3n) is 7.20. The average Bonchev–Trinajstić information content (AvgIpc) is 3.32. The third kappa shape index (κ3) is 9.59. The van der Waals surface area contributed by atoms with Crippen LogP contribution in [0.4, 0.5) is 4.79 Å². The largest absolute Gasteiger partial charge is 0.507 e. The minimum absolute atomic E-state index is 0.00220. The summed E-state index contributed by atoms with van der Waals surface area (Å²) in [5.74, 6) is -1.97. The van der Waals surface area contributed by atoms with E-state index < -0.39 is 45.2 Å². The van der Waals surface area contributed by atoms with Gasteiger partial charge in [0.1, 0.15) is 35.0 Å². The summed E-state index contributed by atoms with van der Waals surface area (Å²) in [6.07, 6.45) is -0.123. The molecular weight excluding hydrogens is 654 g/mol. The van der Waals surface area contributed by atoms with Crippen LogP contribution in [0.25, 0.3) is 0 Å². The lowest BCUT2D eigenvalue weighted by molar-refractivity contribution is -0.123. The number of methoxy groups -OCH3 is 1. The molecule has 1 heterocycles. The van der Waals surface area contributed by atoms with Crippen molar-refractivity contribution in [1.29, 1.82) is 0 Å². The van der Waals surface area contributed by atoms with Gasteiger partial charge in [-0.1, -0.05) is 60.1 Å². The van der Waals surface area contributed by atoms with Crippen molar-refractivity contribution in [2.75, 3.05) is 20.3 Å². The lowest BCUT2D eigenvalue weighted by atomic mass is 10.0. The second-order valence-corrected chi connectivity index (χ2v) is 12.8. The van der Waals surface area contributed by atoms with Crippen LogP contribution in [0.3, 0.4) is 0 Å². The first-order valence-corrected chi connectivity index (χ1v) is 16.5. The highest BCUT2D eigenvalue weighted by Gasteiger charge is 2.39. The number of phenolic OH excluding ortho intramolecular Hbond substituents is 1. The summed E-state index contributed by atoms with van der Waals surface area (Å²) in [4.78, 5) is 49.6. The number of ether oxygens (including phenoxy) is 3. The van der Waals surface area contributed by atoms with Gasteiger partial charge in [0.25, 0.3) is 0 Å². The van der Waals surface area contributed by atoms with E-state index in [1.54, 1.807) is 30.3 Å². The van der Waals surface area contributed by atoms with E-state index in [1.165, 1.54) is 37.4 Å². The van der Waals surface area contributed by atoms with E-state index in [0.29, 0.717) is 18.4 Å². The monoisotopic (exact) mass is 687 g/mol. The number of hydrogen-bond donors (Lipinski definition) is 4. The van der Waals surface area contributed by atoms with Gasteiger partial charge >= 0.3 is 12.1 Å². The van der Waals surface area contributed by atoms with Crippen molar-refractivity contribution in [3.63, 3.8) is 0 Å². The maximum atomic E-state index is 13.2. The maximum absolute atomic E-state index is 13.2. The quantitative estimate of drug-likeness (QED) is 0.144. The average molecular weight is 688 g/mol. The van der Waals surface area contributed by atoms with Crippen LogP contribution in [-0.4, -0.2) is 63.7 Å². The number of aromatic hydroxyl groups is 1. The van der Waals surface area contributed by atoms with Crippen LogP contribution in [0.5, 0.6) is 11.5 Å². The fraction of sp³-hybridized carbons (Fsp3) is 0.312. The molecule has 15 heteroatoms. The Bertz CT molecular complexity index is 1720. The van der Waals surface area contributed by atoms with Crippen molar-refractivity contribution >= 4 is 45.5 Å². The van der Waals surface area contributed by atoms with Gasteiger partial charge in [0.05, 0.1) is 20.1 Å². The molecule has 1 saturated heterocycles. The van der Waals surface area contributed by atoms with Crippen LogP contribution in [0, 0.1) is 0 Å². The number of phenols is 1. The van der Waals surface area contributed by atoms with Crippen LogP contribution >= 0.6 is 11.6 Å². The van der Waals surface area contributed by atoms with Crippen molar-refractivity contribution in [3.05, 3.63) is 94.0 Å². The van der Waals surface area contributed by atoms with Gasteiger partial charge in [-0.05, 0) is 47.7 Å². The number of carbonyl (C=O) groups is 4. The third-order valence-corrected chi connectivity index (χ3v) is 9.21. The standard InChI is InChI=1S/C32H34ClN3O10S/c1-44-31(40)29-25(37)10-7-11-26(29)45-15-6-5-14-34-30(39)24(35-32(41)46-19-20-8-3-2-4-9-20)17-21-12-13-22(23(33)16-21)27-18-28(38)36-47(27,42)43/h2-4,7-13,16,24,27,37H,5-6,14-15,17-19H2,1H3,(H,34,39)(H,35,41)(H,36,38)/t24-,27?/m0/s1. The lowest BCUT2D eigenvalue weighted by Gasteiger charge is -2.19. The molecule has 0 spiro atoms. The maximum Gasteiger partial charge on any atom is 0.408 e. The molecule has 1 unspecified atom stereocenters. The van der Waals surface area contributed by atoms with E-state index >= 15 is 0 Å². The summed E-state index contributed by atoms with van der Waals surface area (Å²) in [5, 5.41) is 14.3. The molecule has 47 heavy (non-hydrogen) atoms. The van der Waals surface area contributed by atoms with Gasteiger partial charge in [-0.15, -0.1) is 0 Å². The molecule has 0 bridgehead atoms. The van der Waals surface area contributed by atoms with Crippen molar-refractivity contribution < 1.29 is 46.9 Å². The van der Waals surface area contributed by atoms with Gasteiger partial charge < -0.3 is 30.0 Å². The predicted octanol–water partition coefficient (Wildman–Crippen LogP) is 3.54. The smallest absolute Gasteiger partial charge is 0.408 e. The molecule has 1 aliphatic rings. The van der Waals surface area contributed by atoms with Gasteiger partial charge in [0.2, 0.25) is 21.8 Å². The fourth-order valence-electron chi connectivity index (χ4n) is 4.83. The number of amides is 3. The first-order valence-electron chi connectivity index (χ1n) is 14.6. The number of alkyl carbamates (subject to hydrolysis) is 1. The molecule has 0 aromatic heterocycles. The van der Waals surface area contributed by atoms with Crippen LogP contribution in [0.15, 0.2) is 66.7 Å². The normalized spacial score (nSPS) is 15.6. The van der Waals surface area contributed by atoms with Gasteiger partial charge in [0, 0.05) is 18.0 Å². The van der Waals surface area contributed by atoms with E-state index in [9.17, 15) is 32.7 Å². The SMILES string of the molecule is COC(=O)c1c(O)cccc1OCCCCNC(=O)[C@H](Cc1ccc(C2CC(=O)NS2(=O)=O)c(Cl)c1)NC(=O)OCc1ccccc1. The Morgan fingerprint density at radius 1 is 1.04 bits per heavy atom. The van der Waals surface area contributed by atoms with Crippen LogP contribution in [0.1, 0.15) is 51.6 Å². The van der Waals surface area contributed by atoms with E-state index in [2.05, 4.69) is 10.6 Å². The highest BCUT2D eigenvalue weighted by Crippen LogP contribution is 2.35. The second kappa shape index (κ2) is 16.1. The molecule has 4 N–H and O–H groups in total. The summed E-state index contributed by atoms with van der Waals surface area (Å²) in [6.45, 7) is 0.393. The van der Waals surface area contributed by atoms with Crippen molar-refractivity contribution in [3.8, 4) is 11.5 Å². The van der Waals surface area contributed by atoms with Gasteiger partial charge in [-0.25, -0.2) is 18.0 Å². The lowest BCUT2D eigenvalue weighted by Crippen LogP contribution is -2.48. The number of rotatable bonds is 14. The van der Waals surface area contributed by atoms with Gasteiger partial charge in [0.15, 0.2) is 0 Å². The van der Waals surface area contributed by atoms with E-state index in [1.807, 2.05) is 10.8 Å². The number of benzene rings is 3. The molecule has 0 aliphatic carbocycles. The Labute approximate surface area is 276 Å². The summed E-state index contributed by atoms with van der Waals surface area (Å²) < 4.78 is 42.3. The second-order valence-electron chi connectivity index (χ2n) is 10.6. The molecular formula is C32H34ClN3O10S. The van der Waals surface area contributed by atoms with E-state index in [-0.39, 0.29) is 60.2 Å². The van der Waals surface area contributed by atoms with Crippen LogP contribution in [0.2, 0.25) is 5.02 Å². The van der Waals surface area contributed by atoms with E-state index in [4.69, 9.17) is 25.8 Å². The summed E-state index contributed by atoms with van der Waals surface area (Å²) in [5.41, 5.74) is 1.45. The van der Waals surface area contributed by atoms with Crippen LogP contribution < -0.4 is 20.1 Å². The number of esters is 1. The molecule has 13 nitrogen and oxygen atoms in total. The number of nitrogens with one attached hydrogen (secondary N) is 3. The highest BCUT2D eigenvalue weighted by atomic mass is 35.5. The molecule has 1 aliphatic heterocycles. The Morgan fingerprint density at radius 3 is 2.49 bits per heavy atom. The molecule has 250 valence electrons. The van der Waals surface area contributed by atoms with Crippen molar-refractivity contribution in [2.45, 2.75) is 43.6 Å². The number of hydrogen-bond acceptors (Lipinski definition) is 10. The highest BCUT2D eigenvalue weighted by molar-refractivity contribution is 7.90. The first-order chi connectivity index (χ1) is 22.5. The Kier molecular flexibility index (Phi) is 12.0. The van der Waals surface area contributed by atoms with Crippen molar-refractivity contribution in [2.24, 2.45) is 0 Å². The zero-order valence-electron chi connectivity index (χ0n) is 25.4. The zero-order chi connectivity index (χ0) is 34.0. The molecule has 0 saturated carbocycles. The fourth-order valence-corrected chi connectivity index (χ4v) is 6.68. The summed E-state index contributed by atoms with van der Waals surface area (Å²) >= 11 is 6.42. The summed E-state index contributed by atoms with van der Waals surface area (Å²) in [7, 11) is -2.72. The first kappa shape index (κ1) is 35.0. The number of carbonyl (C=O) groups excluding carboxylic acids is 4. The Hall–Kier alpha value is -4.82. The van der Waals surface area contributed by atoms with Gasteiger partial charge in [-0.3, -0.25) is 14.3 Å². The van der Waals surface area contributed by atoms with Crippen molar-refractivity contribution in [1.82, 2.24) is 15.4 Å². The number of halogens is 1. The molecule has 1 fully saturated rings. The Morgan fingerprint density at radius 2 is 1.81 bits per heavy atom. The van der Waals surface area contributed by atoms with Gasteiger partial charge in [-0.2, -0.15) is 0 Å². The molecule has 3 aromatic carbocycles. The summed E-state index contributed by atoms with van der Waals surface area (Å²) in [6, 6.07) is 16.9. The molecule has 3 aromatic rings. The number of sulfonamides is 1. The predicted molar refractivity (Wildman–Crippen MR) is 170 cm³/mol. The minimum atomic E-state index is -3.91. The minimum Gasteiger partial charge on any atom is -0.507 e. The Balaban J connectivity index is 1.36. The number of unbranched alkanes of at least 4 members (excludes halogenated alkanes) is 1. The van der Waals surface area contributed by atoms with E-state index in [0.717, 1.165) is 5.56 Å².